The maximum absolute atomic E-state index is 12.7. The average Bonchev–Trinajstić information content (AvgIpc) is 2.62. The predicted molar refractivity (Wildman–Crippen MR) is 95.4 cm³/mol. The highest BCUT2D eigenvalue weighted by molar-refractivity contribution is 6.06. The first-order chi connectivity index (χ1) is 11.7. The van der Waals surface area contributed by atoms with Crippen LogP contribution in [0.3, 0.4) is 0 Å². The van der Waals surface area contributed by atoms with E-state index in [4.69, 9.17) is 9.47 Å². The van der Waals surface area contributed by atoms with Crippen LogP contribution in [0.5, 0.6) is 11.5 Å². The van der Waals surface area contributed by atoms with Gasteiger partial charge < -0.3 is 20.1 Å². The van der Waals surface area contributed by atoms with Crippen LogP contribution in [0, 0.1) is 0 Å². The summed E-state index contributed by atoms with van der Waals surface area (Å²) in [5.41, 5.74) is 3.54. The number of amides is 1. The van der Waals surface area contributed by atoms with Crippen LogP contribution in [-0.4, -0.2) is 26.2 Å². The summed E-state index contributed by atoms with van der Waals surface area (Å²) in [6, 6.07) is 11.2. The van der Waals surface area contributed by atoms with Gasteiger partial charge in [0.05, 0.1) is 13.7 Å². The maximum atomic E-state index is 12.7. The smallest absolute Gasteiger partial charge is 0.256 e. The van der Waals surface area contributed by atoms with Crippen molar-refractivity contribution in [1.82, 2.24) is 0 Å². The molecule has 2 N–H and O–H groups in total. The third-order valence-corrected chi connectivity index (χ3v) is 4.06. The fourth-order valence-electron chi connectivity index (χ4n) is 2.94. The number of fused-ring (bicyclic) bond motifs is 1. The normalized spacial score (nSPS) is 12.8. The van der Waals surface area contributed by atoms with E-state index in [1.165, 1.54) is 0 Å². The van der Waals surface area contributed by atoms with Crippen LogP contribution in [0.2, 0.25) is 0 Å². The lowest BCUT2D eigenvalue weighted by Crippen LogP contribution is -2.19. The van der Waals surface area contributed by atoms with Crippen LogP contribution in [0.4, 0.5) is 11.4 Å². The number of anilines is 2. The molecule has 1 aliphatic heterocycles. The number of hydrogen-bond acceptors (Lipinski definition) is 4. The number of ether oxygens (including phenoxy) is 2. The molecule has 0 atom stereocenters. The summed E-state index contributed by atoms with van der Waals surface area (Å²) in [6.45, 7) is 3.40. The van der Waals surface area contributed by atoms with E-state index in [0.717, 1.165) is 30.6 Å². The molecular weight excluding hydrogens is 304 g/mol. The molecule has 24 heavy (non-hydrogen) atoms. The maximum Gasteiger partial charge on any atom is 0.256 e. The van der Waals surface area contributed by atoms with Gasteiger partial charge in [0.25, 0.3) is 5.91 Å². The SMILES string of the molecule is CCOc1cc(NC(=O)c2cccc3c2CCCN3)ccc1OC. The zero-order chi connectivity index (χ0) is 16.9. The zero-order valence-corrected chi connectivity index (χ0v) is 14.0. The number of carbonyl (C=O) groups excluding carboxylic acids is 1. The van der Waals surface area contributed by atoms with Crippen molar-refractivity contribution < 1.29 is 14.3 Å². The summed E-state index contributed by atoms with van der Waals surface area (Å²) in [4.78, 5) is 12.7. The molecule has 0 radical (unpaired) electrons. The quantitative estimate of drug-likeness (QED) is 0.879. The van der Waals surface area contributed by atoms with E-state index in [2.05, 4.69) is 10.6 Å². The Balaban J connectivity index is 1.84. The van der Waals surface area contributed by atoms with E-state index in [1.807, 2.05) is 31.2 Å². The molecule has 0 fully saturated rings. The molecule has 126 valence electrons. The Morgan fingerprint density at radius 1 is 1.25 bits per heavy atom. The molecule has 2 aromatic carbocycles. The minimum atomic E-state index is -0.108. The Kier molecular flexibility index (Phi) is 4.89. The van der Waals surface area contributed by atoms with Gasteiger partial charge in [-0.25, -0.2) is 0 Å². The first kappa shape index (κ1) is 16.2. The average molecular weight is 326 g/mol. The predicted octanol–water partition coefficient (Wildman–Crippen LogP) is 3.70. The summed E-state index contributed by atoms with van der Waals surface area (Å²) >= 11 is 0. The Bertz CT molecular complexity index is 743. The molecule has 0 unspecified atom stereocenters. The van der Waals surface area contributed by atoms with Crippen LogP contribution in [0.1, 0.15) is 29.3 Å². The van der Waals surface area contributed by atoms with Gasteiger partial charge in [-0.1, -0.05) is 6.07 Å². The fourth-order valence-corrected chi connectivity index (χ4v) is 2.94. The largest absolute Gasteiger partial charge is 0.493 e. The Labute approximate surface area is 142 Å². The highest BCUT2D eigenvalue weighted by Gasteiger charge is 2.18. The van der Waals surface area contributed by atoms with Crippen molar-refractivity contribution >= 4 is 17.3 Å². The first-order valence-corrected chi connectivity index (χ1v) is 8.21. The van der Waals surface area contributed by atoms with E-state index in [9.17, 15) is 4.79 Å². The van der Waals surface area contributed by atoms with Crippen molar-refractivity contribution in [2.75, 3.05) is 30.9 Å². The van der Waals surface area contributed by atoms with Gasteiger partial charge in [-0.15, -0.1) is 0 Å². The highest BCUT2D eigenvalue weighted by Crippen LogP contribution is 2.31. The van der Waals surface area contributed by atoms with Crippen molar-refractivity contribution in [3.63, 3.8) is 0 Å². The Morgan fingerprint density at radius 2 is 2.12 bits per heavy atom. The number of nitrogens with one attached hydrogen (secondary N) is 2. The molecule has 0 bridgehead atoms. The van der Waals surface area contributed by atoms with E-state index in [-0.39, 0.29) is 5.91 Å². The molecular formula is C19H22N2O3. The number of benzene rings is 2. The molecule has 0 aromatic heterocycles. The molecule has 5 heteroatoms. The van der Waals surface area contributed by atoms with E-state index in [0.29, 0.717) is 29.4 Å². The van der Waals surface area contributed by atoms with Crippen LogP contribution in [0.15, 0.2) is 36.4 Å². The molecule has 0 spiro atoms. The molecule has 1 heterocycles. The third kappa shape index (κ3) is 3.30. The van der Waals surface area contributed by atoms with Crippen molar-refractivity contribution in [2.24, 2.45) is 0 Å². The van der Waals surface area contributed by atoms with Crippen LogP contribution < -0.4 is 20.1 Å². The summed E-state index contributed by atoms with van der Waals surface area (Å²) in [5, 5.41) is 6.30. The summed E-state index contributed by atoms with van der Waals surface area (Å²) in [7, 11) is 1.60. The lowest BCUT2D eigenvalue weighted by Gasteiger charge is -2.20. The summed E-state index contributed by atoms with van der Waals surface area (Å²) in [6.07, 6.45) is 1.95. The van der Waals surface area contributed by atoms with Gasteiger partial charge >= 0.3 is 0 Å². The van der Waals surface area contributed by atoms with Crippen molar-refractivity contribution in [3.8, 4) is 11.5 Å². The first-order valence-electron chi connectivity index (χ1n) is 8.21. The van der Waals surface area contributed by atoms with Gasteiger partial charge in [-0.05, 0) is 49.6 Å². The number of carbonyl (C=O) groups is 1. The number of methoxy groups -OCH3 is 1. The standard InChI is InChI=1S/C19H22N2O3/c1-3-24-18-12-13(9-10-17(18)23-2)21-19(22)15-6-4-8-16-14(15)7-5-11-20-16/h4,6,8-10,12,20H,3,5,7,11H2,1-2H3,(H,21,22). The summed E-state index contributed by atoms with van der Waals surface area (Å²) < 4.78 is 10.8. The number of hydrogen-bond donors (Lipinski definition) is 2. The minimum absolute atomic E-state index is 0.108. The molecule has 0 aliphatic carbocycles. The zero-order valence-electron chi connectivity index (χ0n) is 14.0. The molecule has 0 saturated carbocycles. The third-order valence-electron chi connectivity index (χ3n) is 4.06. The second-order valence-corrected chi connectivity index (χ2v) is 5.61. The van der Waals surface area contributed by atoms with Gasteiger partial charge in [0.15, 0.2) is 11.5 Å². The van der Waals surface area contributed by atoms with Gasteiger partial charge in [-0.3, -0.25) is 4.79 Å². The molecule has 5 nitrogen and oxygen atoms in total. The van der Waals surface area contributed by atoms with E-state index in [1.54, 1.807) is 19.2 Å². The molecule has 1 amide bonds. The minimum Gasteiger partial charge on any atom is -0.493 e. The van der Waals surface area contributed by atoms with Crippen molar-refractivity contribution in [2.45, 2.75) is 19.8 Å². The van der Waals surface area contributed by atoms with Crippen molar-refractivity contribution in [1.29, 1.82) is 0 Å². The van der Waals surface area contributed by atoms with E-state index < -0.39 is 0 Å². The summed E-state index contributed by atoms with van der Waals surface area (Å²) in [5.74, 6) is 1.16. The molecule has 1 aliphatic rings. The molecule has 2 aromatic rings. The second kappa shape index (κ2) is 7.25. The van der Waals surface area contributed by atoms with Crippen LogP contribution >= 0.6 is 0 Å². The topological polar surface area (TPSA) is 59.6 Å². The molecule has 0 saturated heterocycles. The van der Waals surface area contributed by atoms with Crippen molar-refractivity contribution in [3.05, 3.63) is 47.5 Å². The van der Waals surface area contributed by atoms with Gasteiger partial charge in [0.1, 0.15) is 0 Å². The van der Waals surface area contributed by atoms with Gasteiger partial charge in [0.2, 0.25) is 0 Å². The van der Waals surface area contributed by atoms with Gasteiger partial charge in [-0.2, -0.15) is 0 Å². The van der Waals surface area contributed by atoms with Crippen LogP contribution in [-0.2, 0) is 6.42 Å². The van der Waals surface area contributed by atoms with Crippen LogP contribution in [0.25, 0.3) is 0 Å². The van der Waals surface area contributed by atoms with E-state index >= 15 is 0 Å². The Morgan fingerprint density at radius 3 is 2.92 bits per heavy atom. The number of rotatable bonds is 5. The molecule has 3 rings (SSSR count). The monoisotopic (exact) mass is 326 g/mol. The highest BCUT2D eigenvalue weighted by atomic mass is 16.5. The Hall–Kier alpha value is -2.69. The lowest BCUT2D eigenvalue weighted by molar-refractivity contribution is 0.102. The van der Waals surface area contributed by atoms with Gasteiger partial charge in [0, 0.05) is 29.5 Å². The fraction of sp³-hybridized carbons (Fsp3) is 0.316. The lowest BCUT2D eigenvalue weighted by atomic mass is 9.97. The second-order valence-electron chi connectivity index (χ2n) is 5.61.